The van der Waals surface area contributed by atoms with Gasteiger partial charge in [0.1, 0.15) is 0 Å². The molecule has 1 nitrogen and oxygen atoms in total. The van der Waals surface area contributed by atoms with Crippen LogP contribution in [0.5, 0.6) is 0 Å². The van der Waals surface area contributed by atoms with Crippen LogP contribution in [0.25, 0.3) is 5.57 Å². The van der Waals surface area contributed by atoms with E-state index in [1.165, 1.54) is 11.1 Å². The zero-order valence-corrected chi connectivity index (χ0v) is 13.7. The number of rotatable bonds is 1. The normalized spacial score (nSPS) is 15.0. The van der Waals surface area contributed by atoms with Crippen molar-refractivity contribution in [2.45, 2.75) is 40.7 Å². The summed E-state index contributed by atoms with van der Waals surface area (Å²) in [5, 5.41) is 10.0. The molecule has 3 rings (SSSR count). The fourth-order valence-electron chi connectivity index (χ4n) is 2.45. The van der Waals surface area contributed by atoms with Crippen LogP contribution in [0.2, 0.25) is 0 Å². The number of benzene rings is 2. The standard InChI is InChI=1S/C16H14O.2C2H6/c1-11-6-2-3-7-12(11)15-10-16(17)14-9-5-4-8-13(14)15;2*1-2/h2-10,16-17H,1H3;2*1-2H3/t16-;;/m0../s1. The van der Waals surface area contributed by atoms with E-state index in [9.17, 15) is 5.11 Å². The van der Waals surface area contributed by atoms with Gasteiger partial charge in [0, 0.05) is 0 Å². The maximum absolute atomic E-state index is 10.0. The molecule has 21 heavy (non-hydrogen) atoms. The van der Waals surface area contributed by atoms with Crippen molar-refractivity contribution in [1.29, 1.82) is 0 Å². The van der Waals surface area contributed by atoms with E-state index in [0.717, 1.165) is 16.7 Å². The van der Waals surface area contributed by atoms with Crippen molar-refractivity contribution >= 4 is 5.57 Å². The van der Waals surface area contributed by atoms with Crippen LogP contribution >= 0.6 is 0 Å². The highest BCUT2D eigenvalue weighted by Crippen LogP contribution is 2.38. The van der Waals surface area contributed by atoms with Crippen molar-refractivity contribution in [3.8, 4) is 0 Å². The fourth-order valence-corrected chi connectivity index (χ4v) is 2.45. The van der Waals surface area contributed by atoms with E-state index in [2.05, 4.69) is 25.1 Å². The van der Waals surface area contributed by atoms with Gasteiger partial charge in [-0.05, 0) is 40.8 Å². The van der Waals surface area contributed by atoms with Gasteiger partial charge in [-0.3, -0.25) is 0 Å². The third-order valence-electron chi connectivity index (χ3n) is 3.33. The molecule has 0 saturated carbocycles. The Balaban J connectivity index is 0.000000510. The molecule has 112 valence electrons. The highest BCUT2D eigenvalue weighted by molar-refractivity contribution is 5.86. The van der Waals surface area contributed by atoms with Gasteiger partial charge in [0.25, 0.3) is 0 Å². The second-order valence-electron chi connectivity index (χ2n) is 4.43. The third kappa shape index (κ3) is 3.62. The molecule has 1 atom stereocenters. The monoisotopic (exact) mass is 282 g/mol. The SMILES string of the molecule is CC.CC.Cc1ccccc1C1=C[C@H](O)c2ccccc21. The molecule has 0 radical (unpaired) electrons. The Hall–Kier alpha value is -1.86. The summed E-state index contributed by atoms with van der Waals surface area (Å²) in [5.74, 6) is 0. The number of aliphatic hydroxyl groups is 1. The van der Waals surface area contributed by atoms with E-state index in [4.69, 9.17) is 0 Å². The van der Waals surface area contributed by atoms with Crippen LogP contribution < -0.4 is 0 Å². The van der Waals surface area contributed by atoms with E-state index in [0.29, 0.717) is 0 Å². The first-order valence-corrected chi connectivity index (χ1v) is 7.82. The Bertz CT molecular complexity index is 596. The van der Waals surface area contributed by atoms with Gasteiger partial charge in [-0.1, -0.05) is 76.2 Å². The second-order valence-corrected chi connectivity index (χ2v) is 4.43. The van der Waals surface area contributed by atoms with Crippen LogP contribution in [0.4, 0.5) is 0 Å². The first-order chi connectivity index (χ1) is 10.3. The highest BCUT2D eigenvalue weighted by atomic mass is 16.3. The Morgan fingerprint density at radius 2 is 1.29 bits per heavy atom. The summed E-state index contributed by atoms with van der Waals surface area (Å²) in [7, 11) is 0. The first-order valence-electron chi connectivity index (χ1n) is 7.82. The first kappa shape index (κ1) is 17.2. The van der Waals surface area contributed by atoms with Gasteiger partial charge < -0.3 is 5.11 Å². The van der Waals surface area contributed by atoms with Gasteiger partial charge >= 0.3 is 0 Å². The van der Waals surface area contributed by atoms with Gasteiger partial charge in [-0.25, -0.2) is 0 Å². The number of hydrogen-bond donors (Lipinski definition) is 1. The number of aryl methyl sites for hydroxylation is 1. The number of aliphatic hydroxyl groups excluding tert-OH is 1. The summed E-state index contributed by atoms with van der Waals surface area (Å²) in [4.78, 5) is 0. The minimum absolute atomic E-state index is 0.471. The Labute approximate surface area is 129 Å². The third-order valence-corrected chi connectivity index (χ3v) is 3.33. The molecule has 2 aromatic carbocycles. The zero-order chi connectivity index (χ0) is 15.8. The van der Waals surface area contributed by atoms with Crippen molar-refractivity contribution in [2.75, 3.05) is 0 Å². The van der Waals surface area contributed by atoms with Crippen LogP contribution in [0.15, 0.2) is 54.6 Å². The van der Waals surface area contributed by atoms with Gasteiger partial charge in [0.15, 0.2) is 0 Å². The summed E-state index contributed by atoms with van der Waals surface area (Å²) in [6.45, 7) is 10.1. The topological polar surface area (TPSA) is 20.2 Å². The summed E-state index contributed by atoms with van der Waals surface area (Å²) in [6.07, 6.45) is 1.47. The Morgan fingerprint density at radius 3 is 1.90 bits per heavy atom. The lowest BCUT2D eigenvalue weighted by Gasteiger charge is -2.08. The molecule has 2 aromatic rings. The molecule has 1 N–H and O–H groups in total. The average molecular weight is 282 g/mol. The molecule has 0 fully saturated rings. The molecule has 0 amide bonds. The Kier molecular flexibility index (Phi) is 6.90. The summed E-state index contributed by atoms with van der Waals surface area (Å²) in [6, 6.07) is 16.3. The predicted octanol–water partition coefficient (Wildman–Crippen LogP) is 5.53. The molecule has 0 aliphatic heterocycles. The van der Waals surface area contributed by atoms with E-state index in [1.807, 2.05) is 64.1 Å². The van der Waals surface area contributed by atoms with E-state index in [1.54, 1.807) is 0 Å². The van der Waals surface area contributed by atoms with Gasteiger partial charge in [0.05, 0.1) is 6.10 Å². The predicted molar refractivity (Wildman–Crippen MR) is 92.4 cm³/mol. The molecule has 1 aliphatic rings. The van der Waals surface area contributed by atoms with Gasteiger partial charge in [-0.15, -0.1) is 0 Å². The van der Waals surface area contributed by atoms with Crippen molar-refractivity contribution in [3.63, 3.8) is 0 Å². The Morgan fingerprint density at radius 1 is 0.762 bits per heavy atom. The van der Waals surface area contributed by atoms with Gasteiger partial charge in [0.2, 0.25) is 0 Å². The molecule has 1 aliphatic carbocycles. The molecule has 0 heterocycles. The summed E-state index contributed by atoms with van der Waals surface area (Å²) < 4.78 is 0. The molecule has 1 heteroatoms. The lowest BCUT2D eigenvalue weighted by atomic mass is 9.96. The maximum Gasteiger partial charge on any atom is 0.0986 e. The fraction of sp³-hybridized carbons (Fsp3) is 0.300. The van der Waals surface area contributed by atoms with Crippen LogP contribution in [-0.2, 0) is 0 Å². The van der Waals surface area contributed by atoms with Crippen molar-refractivity contribution in [3.05, 3.63) is 76.9 Å². The molecule has 0 unspecified atom stereocenters. The summed E-state index contributed by atoms with van der Waals surface area (Å²) in [5.41, 5.74) is 5.74. The van der Waals surface area contributed by atoms with Crippen LogP contribution in [0, 0.1) is 6.92 Å². The van der Waals surface area contributed by atoms with Crippen molar-refractivity contribution in [1.82, 2.24) is 0 Å². The van der Waals surface area contributed by atoms with Crippen LogP contribution in [0.3, 0.4) is 0 Å². The second kappa shape index (κ2) is 8.43. The summed E-state index contributed by atoms with van der Waals surface area (Å²) >= 11 is 0. The molecular weight excluding hydrogens is 256 g/mol. The molecule has 0 spiro atoms. The quantitative estimate of drug-likeness (QED) is 0.729. The molecular formula is C20H26O. The van der Waals surface area contributed by atoms with Crippen molar-refractivity contribution in [2.24, 2.45) is 0 Å². The van der Waals surface area contributed by atoms with Crippen molar-refractivity contribution < 1.29 is 5.11 Å². The highest BCUT2D eigenvalue weighted by Gasteiger charge is 2.22. The van der Waals surface area contributed by atoms with Crippen LogP contribution in [-0.4, -0.2) is 5.11 Å². The molecule has 0 bridgehead atoms. The average Bonchev–Trinajstić information content (AvgIpc) is 2.89. The largest absolute Gasteiger partial charge is 0.384 e. The minimum Gasteiger partial charge on any atom is -0.384 e. The number of hydrogen-bond acceptors (Lipinski definition) is 1. The van der Waals surface area contributed by atoms with E-state index in [-0.39, 0.29) is 0 Å². The van der Waals surface area contributed by atoms with Gasteiger partial charge in [-0.2, -0.15) is 0 Å². The number of fused-ring (bicyclic) bond motifs is 1. The maximum atomic E-state index is 10.0. The molecule has 0 saturated heterocycles. The lowest BCUT2D eigenvalue weighted by Crippen LogP contribution is -1.90. The minimum atomic E-state index is -0.471. The van der Waals surface area contributed by atoms with Crippen LogP contribution in [0.1, 0.15) is 56.1 Å². The smallest absolute Gasteiger partial charge is 0.0986 e. The molecule has 0 aromatic heterocycles. The van der Waals surface area contributed by atoms with E-state index >= 15 is 0 Å². The lowest BCUT2D eigenvalue weighted by molar-refractivity contribution is 0.232. The zero-order valence-electron chi connectivity index (χ0n) is 13.7. The van der Waals surface area contributed by atoms with E-state index < -0.39 is 6.10 Å².